The summed E-state index contributed by atoms with van der Waals surface area (Å²) in [6.45, 7) is 7.47. The first kappa shape index (κ1) is 19.7. The highest BCUT2D eigenvalue weighted by atomic mass is 16.5. The summed E-state index contributed by atoms with van der Waals surface area (Å²) in [6.07, 6.45) is -0.711. The van der Waals surface area contributed by atoms with E-state index < -0.39 is 6.09 Å². The van der Waals surface area contributed by atoms with Crippen LogP contribution in [0, 0.1) is 0 Å². The Balaban J connectivity index is -0.000000147. The Labute approximate surface area is 91.0 Å². The van der Waals surface area contributed by atoms with Crippen molar-refractivity contribution in [2.24, 2.45) is 5.73 Å². The van der Waals surface area contributed by atoms with E-state index in [1.165, 1.54) is 0 Å². The lowest BCUT2D eigenvalue weighted by molar-refractivity contribution is 0.162. The molecule has 6 heteroatoms. The van der Waals surface area contributed by atoms with Gasteiger partial charge in [-0.05, 0) is 20.8 Å². The van der Waals surface area contributed by atoms with Gasteiger partial charge in [-0.2, -0.15) is 0 Å². The molecule has 0 aromatic carbocycles. The van der Waals surface area contributed by atoms with Crippen LogP contribution in [0.1, 0.15) is 20.8 Å². The Morgan fingerprint density at radius 3 is 1.47 bits per heavy atom. The van der Waals surface area contributed by atoms with Gasteiger partial charge in [0.05, 0.1) is 19.8 Å². The number of primary amides is 1. The Morgan fingerprint density at radius 2 is 1.47 bits per heavy atom. The number of aliphatic hydroxyl groups is 2. The molecular weight excluding hydrogens is 202 g/mol. The van der Waals surface area contributed by atoms with Gasteiger partial charge in [-0.3, -0.25) is 0 Å². The lowest BCUT2D eigenvalue weighted by atomic mass is 10.8. The molecule has 0 bridgehead atoms. The Hall–Kier alpha value is -0.850. The van der Waals surface area contributed by atoms with Crippen molar-refractivity contribution >= 4 is 6.09 Å². The number of rotatable bonds is 4. The molecule has 0 heterocycles. The second-order valence-electron chi connectivity index (χ2n) is 1.98. The number of nitrogens with two attached hydrogens (primary N) is 1. The first-order chi connectivity index (χ1) is 7.10. The van der Waals surface area contributed by atoms with Gasteiger partial charge in [-0.1, -0.05) is 0 Å². The highest BCUT2D eigenvalue weighted by molar-refractivity contribution is 5.64. The van der Waals surface area contributed by atoms with E-state index in [0.717, 1.165) is 13.2 Å². The zero-order valence-corrected chi connectivity index (χ0v) is 9.73. The van der Waals surface area contributed by atoms with E-state index in [0.29, 0.717) is 6.61 Å². The molecule has 1 amide bonds. The van der Waals surface area contributed by atoms with Crippen LogP contribution in [0.3, 0.4) is 0 Å². The number of carbonyl (C=O) groups excluding carboxylic acids is 1. The summed E-state index contributed by atoms with van der Waals surface area (Å²) < 4.78 is 9.01. The number of aliphatic hydroxyl groups excluding tert-OH is 2. The van der Waals surface area contributed by atoms with E-state index >= 15 is 0 Å². The van der Waals surface area contributed by atoms with Crippen LogP contribution in [0.5, 0.6) is 0 Å². The number of hydrogen-bond acceptors (Lipinski definition) is 5. The van der Waals surface area contributed by atoms with Crippen molar-refractivity contribution in [3.8, 4) is 0 Å². The van der Waals surface area contributed by atoms with Crippen LogP contribution in [-0.2, 0) is 9.47 Å². The molecule has 0 radical (unpaired) electrons. The zero-order chi connectivity index (χ0) is 12.5. The molecule has 0 aliphatic rings. The van der Waals surface area contributed by atoms with Crippen molar-refractivity contribution in [2.75, 3.05) is 33.0 Å². The monoisotopic (exact) mass is 225 g/mol. The average molecular weight is 225 g/mol. The number of amides is 1. The summed E-state index contributed by atoms with van der Waals surface area (Å²) in [5.41, 5.74) is 4.54. The maximum atomic E-state index is 9.60. The molecule has 0 rings (SSSR count). The van der Waals surface area contributed by atoms with Crippen LogP contribution < -0.4 is 5.73 Å². The molecule has 0 aliphatic heterocycles. The number of ether oxygens (including phenoxy) is 2. The lowest BCUT2D eigenvalue weighted by Crippen LogP contribution is -2.11. The van der Waals surface area contributed by atoms with Crippen molar-refractivity contribution < 1.29 is 24.5 Å². The summed E-state index contributed by atoms with van der Waals surface area (Å²) >= 11 is 0. The van der Waals surface area contributed by atoms with E-state index in [4.69, 9.17) is 14.9 Å². The second kappa shape index (κ2) is 23.2. The van der Waals surface area contributed by atoms with Crippen LogP contribution >= 0.6 is 0 Å². The summed E-state index contributed by atoms with van der Waals surface area (Å²) in [4.78, 5) is 9.60. The summed E-state index contributed by atoms with van der Waals surface area (Å²) in [5.74, 6) is 0. The van der Waals surface area contributed by atoms with Gasteiger partial charge in [-0.15, -0.1) is 0 Å². The fourth-order valence-corrected chi connectivity index (χ4v) is 0.346. The summed E-state index contributed by atoms with van der Waals surface area (Å²) in [7, 11) is 0. The lowest BCUT2D eigenvalue weighted by Gasteiger charge is -1.89. The van der Waals surface area contributed by atoms with Crippen LogP contribution in [0.2, 0.25) is 0 Å². The molecule has 0 atom stereocenters. The third kappa shape index (κ3) is 61.6. The van der Waals surface area contributed by atoms with Gasteiger partial charge < -0.3 is 25.4 Å². The molecule has 0 aliphatic carbocycles. The van der Waals surface area contributed by atoms with Crippen molar-refractivity contribution in [3.05, 3.63) is 0 Å². The molecule has 15 heavy (non-hydrogen) atoms. The fraction of sp³-hybridized carbons (Fsp3) is 0.889. The second-order valence-corrected chi connectivity index (χ2v) is 1.98. The van der Waals surface area contributed by atoms with Crippen LogP contribution in [0.15, 0.2) is 0 Å². The van der Waals surface area contributed by atoms with Crippen molar-refractivity contribution in [1.82, 2.24) is 0 Å². The molecule has 0 unspecified atom stereocenters. The van der Waals surface area contributed by atoms with Gasteiger partial charge in [-0.25, -0.2) is 4.79 Å². The highest BCUT2D eigenvalue weighted by Gasteiger charge is 1.82. The largest absolute Gasteiger partial charge is 0.450 e. The van der Waals surface area contributed by atoms with Crippen molar-refractivity contribution in [2.45, 2.75) is 20.8 Å². The summed E-state index contributed by atoms with van der Waals surface area (Å²) in [6, 6.07) is 0. The third-order valence-corrected chi connectivity index (χ3v) is 0.795. The predicted octanol–water partition coefficient (Wildman–Crippen LogP) is 0.115. The van der Waals surface area contributed by atoms with E-state index in [2.05, 4.69) is 10.5 Å². The normalized spacial score (nSPS) is 7.80. The first-order valence-corrected chi connectivity index (χ1v) is 4.82. The quantitative estimate of drug-likeness (QED) is 0.630. The van der Waals surface area contributed by atoms with E-state index in [1.54, 1.807) is 6.92 Å². The Kier molecular flexibility index (Phi) is 30.4. The van der Waals surface area contributed by atoms with E-state index in [9.17, 15) is 4.79 Å². The predicted molar refractivity (Wildman–Crippen MR) is 57.5 cm³/mol. The number of carbonyl (C=O) groups is 1. The van der Waals surface area contributed by atoms with Gasteiger partial charge in [0, 0.05) is 13.2 Å². The van der Waals surface area contributed by atoms with Gasteiger partial charge in [0.15, 0.2) is 0 Å². The molecule has 0 spiro atoms. The minimum atomic E-state index is -0.711. The van der Waals surface area contributed by atoms with Crippen LogP contribution in [0.4, 0.5) is 4.79 Å². The SMILES string of the molecule is CCOC(N)=O.CCOCC.OCCO. The minimum Gasteiger partial charge on any atom is -0.450 e. The molecule has 0 aromatic rings. The Bertz CT molecular complexity index is 107. The van der Waals surface area contributed by atoms with Gasteiger partial charge >= 0.3 is 6.09 Å². The van der Waals surface area contributed by atoms with E-state index in [-0.39, 0.29) is 13.2 Å². The molecule has 0 aromatic heterocycles. The maximum Gasteiger partial charge on any atom is 0.404 e. The third-order valence-electron chi connectivity index (χ3n) is 0.795. The van der Waals surface area contributed by atoms with E-state index in [1.807, 2.05) is 13.8 Å². The van der Waals surface area contributed by atoms with Gasteiger partial charge in [0.2, 0.25) is 0 Å². The van der Waals surface area contributed by atoms with Crippen molar-refractivity contribution in [3.63, 3.8) is 0 Å². The summed E-state index contributed by atoms with van der Waals surface area (Å²) in [5, 5.41) is 15.2. The first-order valence-electron chi connectivity index (χ1n) is 4.82. The molecule has 94 valence electrons. The molecule has 6 nitrogen and oxygen atoms in total. The zero-order valence-electron chi connectivity index (χ0n) is 9.73. The van der Waals surface area contributed by atoms with Crippen LogP contribution in [0.25, 0.3) is 0 Å². The topological polar surface area (TPSA) is 102 Å². The van der Waals surface area contributed by atoms with Gasteiger partial charge in [0.1, 0.15) is 0 Å². The van der Waals surface area contributed by atoms with Crippen LogP contribution in [-0.4, -0.2) is 49.3 Å². The number of hydrogen-bond donors (Lipinski definition) is 3. The molecule has 0 saturated carbocycles. The molecule has 4 N–H and O–H groups in total. The Morgan fingerprint density at radius 1 is 1.07 bits per heavy atom. The minimum absolute atomic E-state index is 0.125. The molecule has 0 saturated heterocycles. The highest BCUT2D eigenvalue weighted by Crippen LogP contribution is 1.66. The standard InChI is InChI=1S/C4H10O.C3H7NO2.C2H6O2/c1-3-5-4-2;1-2-6-3(4)5;3-1-2-4/h3-4H2,1-2H3;2H2,1H3,(H2,4,5);3-4H,1-2H2. The maximum absolute atomic E-state index is 9.60. The van der Waals surface area contributed by atoms with Crippen molar-refractivity contribution in [1.29, 1.82) is 0 Å². The van der Waals surface area contributed by atoms with Gasteiger partial charge in [0.25, 0.3) is 0 Å². The molecule has 0 fully saturated rings. The average Bonchev–Trinajstić information content (AvgIpc) is 2.20. The smallest absolute Gasteiger partial charge is 0.404 e. The fourth-order valence-electron chi connectivity index (χ4n) is 0.346. The molecular formula is C9H23NO5.